The molecule has 0 radical (unpaired) electrons. The van der Waals surface area contributed by atoms with Crippen molar-refractivity contribution in [1.82, 2.24) is 0 Å². The number of nitrogens with one attached hydrogen (secondary N) is 1. The maximum atomic E-state index is 12.2. The van der Waals surface area contributed by atoms with Crippen LogP contribution in [0.5, 0.6) is 0 Å². The lowest BCUT2D eigenvalue weighted by molar-refractivity contribution is 0.603. The molecule has 0 atom stereocenters. The third-order valence-corrected chi connectivity index (χ3v) is 6.02. The number of benzene rings is 1. The van der Waals surface area contributed by atoms with Gasteiger partial charge in [0.25, 0.3) is 10.0 Å². The van der Waals surface area contributed by atoms with E-state index in [0.29, 0.717) is 9.90 Å². The zero-order chi connectivity index (χ0) is 14.9. The number of nitriles is 1. The maximum Gasteiger partial charge on any atom is 0.271 e. The molecule has 20 heavy (non-hydrogen) atoms. The topological polar surface area (TPSA) is 70.0 Å². The third-order valence-electron chi connectivity index (χ3n) is 2.45. The molecule has 104 valence electrons. The molecule has 4 nitrogen and oxygen atoms in total. The first kappa shape index (κ1) is 15.1. The van der Waals surface area contributed by atoms with Gasteiger partial charge in [-0.25, -0.2) is 8.42 Å². The number of hydrogen-bond acceptors (Lipinski definition) is 4. The lowest BCUT2D eigenvalue weighted by Crippen LogP contribution is -2.11. The molecule has 2 aromatic rings. The molecule has 1 heterocycles. The van der Waals surface area contributed by atoms with Crippen LogP contribution in [0.25, 0.3) is 0 Å². The van der Waals surface area contributed by atoms with Crippen LogP contribution in [0, 0.1) is 18.3 Å². The first-order valence-electron chi connectivity index (χ1n) is 5.32. The normalized spacial score (nSPS) is 11.1. The summed E-state index contributed by atoms with van der Waals surface area (Å²) in [6.07, 6.45) is 0. The molecule has 2 rings (SSSR count). The van der Waals surface area contributed by atoms with E-state index in [4.69, 9.17) is 28.5 Å². The summed E-state index contributed by atoms with van der Waals surface area (Å²) in [5.41, 5.74) is 0.955. The lowest BCUT2D eigenvalue weighted by atomic mass is 10.2. The average Bonchev–Trinajstić information content (AvgIpc) is 2.85. The van der Waals surface area contributed by atoms with Crippen LogP contribution in [0.4, 0.5) is 5.69 Å². The highest BCUT2D eigenvalue weighted by molar-refractivity contribution is 7.94. The number of hydrogen-bond donors (Lipinski definition) is 1. The van der Waals surface area contributed by atoms with Crippen LogP contribution in [0.3, 0.4) is 0 Å². The van der Waals surface area contributed by atoms with Gasteiger partial charge in [0.2, 0.25) is 0 Å². The summed E-state index contributed by atoms with van der Waals surface area (Å²) >= 11 is 12.8. The molecule has 0 aliphatic heterocycles. The summed E-state index contributed by atoms with van der Waals surface area (Å²) in [5, 5.41) is 9.39. The van der Waals surface area contributed by atoms with Crippen molar-refractivity contribution in [2.75, 3.05) is 4.72 Å². The van der Waals surface area contributed by atoms with Crippen molar-refractivity contribution in [3.8, 4) is 6.07 Å². The monoisotopic (exact) mass is 346 g/mol. The standard InChI is InChI=1S/C12H8Cl2N2O2S2/c1-7-4-10(14)11(5-9(7)13)16-20(17,18)12-3-2-8(6-15)19-12/h2-5,16H,1H3. The van der Waals surface area contributed by atoms with Crippen LogP contribution >= 0.6 is 34.5 Å². The zero-order valence-corrected chi connectivity index (χ0v) is 13.3. The van der Waals surface area contributed by atoms with Crippen molar-refractivity contribution in [2.45, 2.75) is 11.1 Å². The Labute approximate surface area is 130 Å². The van der Waals surface area contributed by atoms with E-state index in [2.05, 4.69) is 4.72 Å². The van der Waals surface area contributed by atoms with Crippen molar-refractivity contribution >= 4 is 50.2 Å². The van der Waals surface area contributed by atoms with Gasteiger partial charge in [-0.2, -0.15) is 5.26 Å². The molecule has 1 N–H and O–H groups in total. The van der Waals surface area contributed by atoms with Crippen molar-refractivity contribution < 1.29 is 8.42 Å². The first-order valence-corrected chi connectivity index (χ1v) is 8.37. The van der Waals surface area contributed by atoms with Crippen LogP contribution in [-0.4, -0.2) is 8.42 Å². The summed E-state index contributed by atoms with van der Waals surface area (Å²) in [5.74, 6) is 0. The highest BCUT2D eigenvalue weighted by Crippen LogP contribution is 2.31. The van der Waals surface area contributed by atoms with Crippen LogP contribution in [0.1, 0.15) is 10.4 Å². The molecule has 1 aromatic heterocycles. The van der Waals surface area contributed by atoms with Gasteiger partial charge >= 0.3 is 0 Å². The Morgan fingerprint density at radius 2 is 1.95 bits per heavy atom. The van der Waals surface area contributed by atoms with E-state index in [1.165, 1.54) is 18.2 Å². The molecular weight excluding hydrogens is 339 g/mol. The van der Waals surface area contributed by atoms with Gasteiger partial charge in [0.1, 0.15) is 15.2 Å². The second kappa shape index (κ2) is 5.62. The van der Waals surface area contributed by atoms with Gasteiger partial charge in [0.05, 0.1) is 10.7 Å². The second-order valence-electron chi connectivity index (χ2n) is 3.92. The minimum Gasteiger partial charge on any atom is -0.277 e. The number of halogens is 2. The van der Waals surface area contributed by atoms with Crippen molar-refractivity contribution in [1.29, 1.82) is 5.26 Å². The van der Waals surface area contributed by atoms with E-state index in [9.17, 15) is 8.42 Å². The van der Waals surface area contributed by atoms with Crippen molar-refractivity contribution in [3.63, 3.8) is 0 Å². The molecule has 0 aliphatic carbocycles. The molecule has 1 aromatic carbocycles. The molecular formula is C12H8Cl2N2O2S2. The Morgan fingerprint density at radius 3 is 2.55 bits per heavy atom. The highest BCUT2D eigenvalue weighted by Gasteiger charge is 2.19. The zero-order valence-electron chi connectivity index (χ0n) is 10.1. The average molecular weight is 347 g/mol. The van der Waals surface area contributed by atoms with Gasteiger partial charge in [-0.05, 0) is 36.8 Å². The first-order chi connectivity index (χ1) is 9.33. The summed E-state index contributed by atoms with van der Waals surface area (Å²) < 4.78 is 26.7. The van der Waals surface area contributed by atoms with E-state index >= 15 is 0 Å². The lowest BCUT2D eigenvalue weighted by Gasteiger charge is -2.10. The van der Waals surface area contributed by atoms with Crippen molar-refractivity contribution in [3.05, 3.63) is 44.8 Å². The number of thiophene rings is 1. The van der Waals surface area contributed by atoms with E-state index in [0.717, 1.165) is 16.9 Å². The van der Waals surface area contributed by atoms with Gasteiger partial charge in [-0.3, -0.25) is 4.72 Å². The molecule has 0 saturated heterocycles. The SMILES string of the molecule is Cc1cc(Cl)c(NS(=O)(=O)c2ccc(C#N)s2)cc1Cl. The number of sulfonamides is 1. The fraction of sp³-hybridized carbons (Fsp3) is 0.0833. The predicted octanol–water partition coefficient (Wildman–Crippen LogP) is 4.04. The third kappa shape index (κ3) is 3.07. The molecule has 0 spiro atoms. The predicted molar refractivity (Wildman–Crippen MR) is 81.0 cm³/mol. The highest BCUT2D eigenvalue weighted by atomic mass is 35.5. The quantitative estimate of drug-likeness (QED) is 0.911. The Bertz CT molecular complexity index is 807. The summed E-state index contributed by atoms with van der Waals surface area (Å²) in [6.45, 7) is 1.77. The maximum absolute atomic E-state index is 12.2. The molecule has 8 heteroatoms. The van der Waals surface area contributed by atoms with Crippen LogP contribution in [0.15, 0.2) is 28.5 Å². The molecule has 0 unspecified atom stereocenters. The Balaban J connectivity index is 2.38. The molecule has 0 amide bonds. The number of nitrogens with zero attached hydrogens (tertiary/aromatic N) is 1. The largest absolute Gasteiger partial charge is 0.277 e. The van der Waals surface area contributed by atoms with Gasteiger partial charge in [0, 0.05) is 5.02 Å². The molecule has 0 bridgehead atoms. The van der Waals surface area contributed by atoms with E-state index in [-0.39, 0.29) is 14.9 Å². The minimum atomic E-state index is -3.78. The Kier molecular flexibility index (Phi) is 4.25. The number of rotatable bonds is 3. The smallest absolute Gasteiger partial charge is 0.271 e. The van der Waals surface area contributed by atoms with Gasteiger partial charge < -0.3 is 0 Å². The fourth-order valence-corrected chi connectivity index (χ4v) is 4.10. The van der Waals surface area contributed by atoms with Gasteiger partial charge in [-0.1, -0.05) is 23.2 Å². The molecule has 0 aliphatic rings. The van der Waals surface area contributed by atoms with E-state index in [1.54, 1.807) is 13.0 Å². The van der Waals surface area contributed by atoms with E-state index < -0.39 is 10.0 Å². The van der Waals surface area contributed by atoms with Gasteiger partial charge in [-0.15, -0.1) is 11.3 Å². The van der Waals surface area contributed by atoms with Gasteiger partial charge in [0.15, 0.2) is 0 Å². The number of aryl methyl sites for hydroxylation is 1. The summed E-state index contributed by atoms with van der Waals surface area (Å²) in [6, 6.07) is 7.74. The molecule has 0 fully saturated rings. The summed E-state index contributed by atoms with van der Waals surface area (Å²) in [4.78, 5) is 0.318. The second-order valence-corrected chi connectivity index (χ2v) is 7.72. The van der Waals surface area contributed by atoms with Crippen LogP contribution < -0.4 is 4.72 Å². The van der Waals surface area contributed by atoms with Crippen molar-refractivity contribution in [2.24, 2.45) is 0 Å². The van der Waals surface area contributed by atoms with E-state index in [1.807, 2.05) is 6.07 Å². The summed E-state index contributed by atoms with van der Waals surface area (Å²) in [7, 11) is -3.78. The minimum absolute atomic E-state index is 0.0433. The van der Waals surface area contributed by atoms with Crippen LogP contribution in [0.2, 0.25) is 10.0 Å². The Morgan fingerprint density at radius 1 is 1.25 bits per heavy atom. The number of anilines is 1. The fourth-order valence-electron chi connectivity index (χ4n) is 1.44. The Hall–Kier alpha value is -1.26. The molecule has 0 saturated carbocycles. The van der Waals surface area contributed by atoms with Crippen LogP contribution in [-0.2, 0) is 10.0 Å².